The summed E-state index contributed by atoms with van der Waals surface area (Å²) in [6.07, 6.45) is 7.93. The fourth-order valence-electron chi connectivity index (χ4n) is 2.58. The molecule has 1 fully saturated rings. The number of unbranched alkanes of at least 4 members (excludes halogenated alkanes) is 3. The Morgan fingerprint density at radius 2 is 1.95 bits per heavy atom. The molecule has 1 aliphatic carbocycles. The molecular weight excluding hydrogens is 254 g/mol. The number of ether oxygens (including phenoxy) is 2. The van der Waals surface area contributed by atoms with Crippen molar-refractivity contribution in [2.24, 2.45) is 5.92 Å². The van der Waals surface area contributed by atoms with Gasteiger partial charge < -0.3 is 9.47 Å². The van der Waals surface area contributed by atoms with Gasteiger partial charge >= 0.3 is 5.97 Å². The number of methoxy groups -OCH3 is 1. The number of rotatable bonds is 12. The van der Waals surface area contributed by atoms with E-state index in [1.165, 1.54) is 26.4 Å². The molecule has 0 saturated heterocycles. The minimum Gasteiger partial charge on any atom is -0.468 e. The van der Waals surface area contributed by atoms with Crippen LogP contribution in [-0.4, -0.2) is 38.4 Å². The minimum atomic E-state index is -0.616. The monoisotopic (exact) mass is 285 g/mol. The van der Waals surface area contributed by atoms with E-state index in [0.29, 0.717) is 12.5 Å². The van der Waals surface area contributed by atoms with Gasteiger partial charge in [-0.3, -0.25) is 5.32 Å². The third kappa shape index (κ3) is 5.06. The molecule has 0 aromatic rings. The van der Waals surface area contributed by atoms with Crippen molar-refractivity contribution in [2.75, 3.05) is 26.9 Å². The zero-order valence-electron chi connectivity index (χ0n) is 13.4. The number of carbonyl (C=O) groups is 1. The van der Waals surface area contributed by atoms with E-state index in [0.717, 1.165) is 38.8 Å². The van der Waals surface area contributed by atoms with Gasteiger partial charge in [-0.2, -0.15) is 0 Å². The van der Waals surface area contributed by atoms with Gasteiger partial charge in [0.2, 0.25) is 0 Å². The number of nitrogens with one attached hydrogen (secondary N) is 1. The van der Waals surface area contributed by atoms with Crippen LogP contribution in [0.2, 0.25) is 0 Å². The number of hydrogen-bond acceptors (Lipinski definition) is 4. The average molecular weight is 285 g/mol. The smallest absolute Gasteiger partial charge is 0.328 e. The highest BCUT2D eigenvalue weighted by molar-refractivity contribution is 5.82. The summed E-state index contributed by atoms with van der Waals surface area (Å²) in [5.41, 5.74) is -0.616. The van der Waals surface area contributed by atoms with Crippen molar-refractivity contribution in [3.8, 4) is 0 Å². The Labute approximate surface area is 123 Å². The molecule has 0 aromatic carbocycles. The zero-order valence-corrected chi connectivity index (χ0v) is 13.4. The fourth-order valence-corrected chi connectivity index (χ4v) is 2.58. The molecule has 0 aromatic heterocycles. The lowest BCUT2D eigenvalue weighted by Gasteiger charge is -2.32. The maximum atomic E-state index is 12.2. The van der Waals surface area contributed by atoms with E-state index in [1.807, 2.05) is 0 Å². The Bertz CT molecular complexity index is 279. The molecule has 1 rings (SSSR count). The van der Waals surface area contributed by atoms with Gasteiger partial charge in [-0.25, -0.2) is 4.79 Å². The molecule has 20 heavy (non-hydrogen) atoms. The average Bonchev–Trinajstić information content (AvgIpc) is 3.30. The summed E-state index contributed by atoms with van der Waals surface area (Å²) in [6, 6.07) is 0. The molecule has 0 bridgehead atoms. The molecule has 1 N–H and O–H groups in total. The Kier molecular flexibility index (Phi) is 8.15. The highest BCUT2D eigenvalue weighted by Crippen LogP contribution is 2.40. The van der Waals surface area contributed by atoms with Crippen molar-refractivity contribution >= 4 is 5.97 Å². The van der Waals surface area contributed by atoms with Gasteiger partial charge in [-0.05, 0) is 38.1 Å². The summed E-state index contributed by atoms with van der Waals surface area (Å²) in [6.45, 7) is 6.30. The lowest BCUT2D eigenvalue weighted by atomic mass is 9.94. The molecule has 4 nitrogen and oxygen atoms in total. The molecule has 0 heterocycles. The van der Waals surface area contributed by atoms with E-state index in [9.17, 15) is 4.79 Å². The highest BCUT2D eigenvalue weighted by Gasteiger charge is 2.51. The standard InChI is InChI=1S/C16H31NO3/c1-4-6-7-8-12-20-13-16(14-9-10-14,15(18)19-3)17-11-5-2/h14,17H,4-13H2,1-3H3. The Morgan fingerprint density at radius 3 is 2.50 bits per heavy atom. The van der Waals surface area contributed by atoms with Crippen LogP contribution in [-0.2, 0) is 14.3 Å². The molecule has 1 saturated carbocycles. The van der Waals surface area contributed by atoms with Gasteiger partial charge in [0.25, 0.3) is 0 Å². The van der Waals surface area contributed by atoms with E-state index in [2.05, 4.69) is 19.2 Å². The largest absolute Gasteiger partial charge is 0.468 e. The van der Waals surface area contributed by atoms with Crippen LogP contribution in [0.1, 0.15) is 58.8 Å². The van der Waals surface area contributed by atoms with Crippen LogP contribution in [0.3, 0.4) is 0 Å². The summed E-state index contributed by atoms with van der Waals surface area (Å²) in [5, 5.41) is 3.40. The quantitative estimate of drug-likeness (QED) is 0.442. The van der Waals surface area contributed by atoms with Crippen LogP contribution < -0.4 is 5.32 Å². The Morgan fingerprint density at radius 1 is 1.20 bits per heavy atom. The topological polar surface area (TPSA) is 47.6 Å². The summed E-state index contributed by atoms with van der Waals surface area (Å²) >= 11 is 0. The second kappa shape index (κ2) is 9.35. The summed E-state index contributed by atoms with van der Waals surface area (Å²) in [7, 11) is 1.47. The van der Waals surface area contributed by atoms with E-state index in [-0.39, 0.29) is 5.97 Å². The van der Waals surface area contributed by atoms with Gasteiger partial charge in [-0.15, -0.1) is 0 Å². The first-order chi connectivity index (χ1) is 9.71. The van der Waals surface area contributed by atoms with Gasteiger partial charge in [0.1, 0.15) is 5.54 Å². The maximum absolute atomic E-state index is 12.2. The predicted octanol–water partition coefficient (Wildman–Crippen LogP) is 2.90. The summed E-state index contributed by atoms with van der Waals surface area (Å²) in [5.74, 6) is 0.208. The molecule has 0 aliphatic heterocycles. The predicted molar refractivity (Wildman–Crippen MR) is 80.7 cm³/mol. The van der Waals surface area contributed by atoms with Crippen molar-refractivity contribution < 1.29 is 14.3 Å². The third-order valence-corrected chi connectivity index (χ3v) is 3.99. The lowest BCUT2D eigenvalue weighted by molar-refractivity contribution is -0.153. The molecule has 118 valence electrons. The normalized spacial score (nSPS) is 17.8. The molecule has 1 aliphatic rings. The van der Waals surface area contributed by atoms with Crippen LogP contribution in [0.15, 0.2) is 0 Å². The zero-order chi connectivity index (χ0) is 14.8. The van der Waals surface area contributed by atoms with Crippen molar-refractivity contribution in [1.29, 1.82) is 0 Å². The molecule has 1 unspecified atom stereocenters. The van der Waals surface area contributed by atoms with Gasteiger partial charge in [0, 0.05) is 6.61 Å². The number of hydrogen-bond donors (Lipinski definition) is 1. The first-order valence-electron chi connectivity index (χ1n) is 8.12. The second-order valence-corrected chi connectivity index (χ2v) is 5.78. The van der Waals surface area contributed by atoms with Crippen molar-refractivity contribution in [3.63, 3.8) is 0 Å². The number of esters is 1. The first-order valence-corrected chi connectivity index (χ1v) is 8.12. The first kappa shape index (κ1) is 17.4. The van der Waals surface area contributed by atoms with Crippen LogP contribution in [0.5, 0.6) is 0 Å². The fraction of sp³-hybridized carbons (Fsp3) is 0.938. The number of carbonyl (C=O) groups excluding carboxylic acids is 1. The van der Waals surface area contributed by atoms with Crippen LogP contribution in [0.25, 0.3) is 0 Å². The molecule has 1 atom stereocenters. The van der Waals surface area contributed by atoms with Crippen LogP contribution in [0.4, 0.5) is 0 Å². The van der Waals surface area contributed by atoms with Crippen LogP contribution >= 0.6 is 0 Å². The summed E-state index contributed by atoms with van der Waals surface area (Å²) < 4.78 is 10.8. The third-order valence-electron chi connectivity index (χ3n) is 3.99. The molecule has 0 spiro atoms. The van der Waals surface area contributed by atoms with Gasteiger partial charge in [0.15, 0.2) is 0 Å². The van der Waals surface area contributed by atoms with Gasteiger partial charge in [0.05, 0.1) is 13.7 Å². The molecule has 4 heteroatoms. The second-order valence-electron chi connectivity index (χ2n) is 5.78. The minimum absolute atomic E-state index is 0.165. The van der Waals surface area contributed by atoms with Crippen molar-refractivity contribution in [3.05, 3.63) is 0 Å². The van der Waals surface area contributed by atoms with Crippen LogP contribution in [0, 0.1) is 5.92 Å². The van der Waals surface area contributed by atoms with Crippen molar-refractivity contribution in [1.82, 2.24) is 5.32 Å². The Balaban J connectivity index is 2.46. The molecule has 0 amide bonds. The van der Waals surface area contributed by atoms with Gasteiger partial charge in [-0.1, -0.05) is 33.1 Å². The van der Waals surface area contributed by atoms with E-state index >= 15 is 0 Å². The summed E-state index contributed by atoms with van der Waals surface area (Å²) in [4.78, 5) is 12.2. The lowest BCUT2D eigenvalue weighted by Crippen LogP contribution is -2.58. The molecule has 0 radical (unpaired) electrons. The SMILES string of the molecule is CCCCCCOCC(NCCC)(C(=O)OC)C1CC1. The van der Waals surface area contributed by atoms with E-state index in [4.69, 9.17) is 9.47 Å². The van der Waals surface area contributed by atoms with E-state index < -0.39 is 5.54 Å². The maximum Gasteiger partial charge on any atom is 0.328 e. The Hall–Kier alpha value is -0.610. The molecular formula is C16H31NO3. The highest BCUT2D eigenvalue weighted by atomic mass is 16.5. The van der Waals surface area contributed by atoms with Crippen molar-refractivity contribution in [2.45, 2.75) is 64.3 Å². The van der Waals surface area contributed by atoms with E-state index in [1.54, 1.807) is 0 Å².